The first-order chi connectivity index (χ1) is 10.0. The monoisotopic (exact) mass is 286 g/mol. The minimum absolute atomic E-state index is 0.0465. The second-order valence-electron chi connectivity index (χ2n) is 6.35. The number of piperazine rings is 1. The molecule has 1 aromatic carbocycles. The molecule has 1 N–H and O–H groups in total. The molecule has 3 rings (SSSR count). The number of nitrogens with zero attached hydrogens (tertiary/aromatic N) is 1. The van der Waals surface area contributed by atoms with E-state index in [2.05, 4.69) is 5.32 Å². The minimum atomic E-state index is -0.660. The molecule has 0 bridgehead atoms. The van der Waals surface area contributed by atoms with Crippen LogP contribution in [0.3, 0.4) is 0 Å². The molecule has 1 aliphatic heterocycles. The number of carbonyl (C=O) groups excluding carboxylic acids is 2. The number of benzene rings is 1. The molecule has 0 atom stereocenters. The Hall–Kier alpha value is -1.84. The first-order valence-corrected chi connectivity index (χ1v) is 7.72. The first kappa shape index (κ1) is 14.1. The van der Waals surface area contributed by atoms with Gasteiger partial charge in [-0.1, -0.05) is 25.3 Å². The van der Waals surface area contributed by atoms with Crippen LogP contribution in [0.2, 0.25) is 0 Å². The van der Waals surface area contributed by atoms with Crippen LogP contribution < -0.4 is 10.2 Å². The number of amides is 2. The summed E-state index contributed by atoms with van der Waals surface area (Å²) in [6, 6.07) is 5.95. The molecule has 1 aliphatic carbocycles. The summed E-state index contributed by atoms with van der Waals surface area (Å²) in [5.41, 5.74) is 2.51. The Morgan fingerprint density at radius 3 is 2.43 bits per heavy atom. The van der Waals surface area contributed by atoms with E-state index in [0.717, 1.165) is 43.4 Å². The summed E-state index contributed by atoms with van der Waals surface area (Å²) >= 11 is 0. The topological polar surface area (TPSA) is 49.4 Å². The molecule has 1 saturated heterocycles. The lowest BCUT2D eigenvalue weighted by atomic mass is 9.79. The van der Waals surface area contributed by atoms with E-state index >= 15 is 0 Å². The number of nitrogens with one attached hydrogen (secondary N) is 1. The number of rotatable bonds is 1. The van der Waals surface area contributed by atoms with Crippen LogP contribution >= 0.6 is 0 Å². The van der Waals surface area contributed by atoms with E-state index in [1.807, 2.05) is 32.0 Å². The maximum Gasteiger partial charge on any atom is 0.253 e. The van der Waals surface area contributed by atoms with E-state index in [1.165, 1.54) is 5.56 Å². The molecule has 1 saturated carbocycles. The molecule has 112 valence electrons. The zero-order valence-corrected chi connectivity index (χ0v) is 12.7. The molecule has 2 fully saturated rings. The Labute approximate surface area is 125 Å². The fourth-order valence-corrected chi connectivity index (χ4v) is 3.43. The van der Waals surface area contributed by atoms with Crippen molar-refractivity contribution in [2.24, 2.45) is 0 Å². The summed E-state index contributed by atoms with van der Waals surface area (Å²) in [6.07, 6.45) is 4.69. The third-order valence-corrected chi connectivity index (χ3v) is 4.84. The predicted molar refractivity (Wildman–Crippen MR) is 82.2 cm³/mol. The van der Waals surface area contributed by atoms with Gasteiger partial charge in [-0.05, 0) is 49.9 Å². The third-order valence-electron chi connectivity index (χ3n) is 4.84. The Balaban J connectivity index is 1.95. The normalized spacial score (nSPS) is 21.5. The lowest BCUT2D eigenvalue weighted by molar-refractivity contribution is -0.137. The van der Waals surface area contributed by atoms with Crippen LogP contribution in [0, 0.1) is 13.8 Å². The van der Waals surface area contributed by atoms with Gasteiger partial charge in [0.1, 0.15) is 12.1 Å². The smallest absolute Gasteiger partial charge is 0.253 e. The van der Waals surface area contributed by atoms with Crippen LogP contribution in [-0.2, 0) is 9.59 Å². The van der Waals surface area contributed by atoms with Gasteiger partial charge in [-0.15, -0.1) is 0 Å². The molecule has 4 nitrogen and oxygen atoms in total. The predicted octanol–water partition coefficient (Wildman–Crippen LogP) is 2.47. The summed E-state index contributed by atoms with van der Waals surface area (Å²) in [4.78, 5) is 26.7. The maximum atomic E-state index is 13.0. The lowest BCUT2D eigenvalue weighted by Crippen LogP contribution is -2.67. The number of aryl methyl sites for hydroxylation is 2. The standard InChI is InChI=1S/C17H22N2O2/c1-12-6-7-14(10-13(12)2)19-11-15(20)18-17(16(19)21)8-4-3-5-9-17/h6-7,10H,3-5,8-9,11H2,1-2H3,(H,18,20). The van der Waals surface area contributed by atoms with Crippen LogP contribution in [0.15, 0.2) is 18.2 Å². The van der Waals surface area contributed by atoms with Crippen molar-refractivity contribution in [2.45, 2.75) is 51.5 Å². The average Bonchev–Trinajstić information content (AvgIpc) is 2.47. The van der Waals surface area contributed by atoms with E-state index in [4.69, 9.17) is 0 Å². The summed E-state index contributed by atoms with van der Waals surface area (Å²) in [6.45, 7) is 4.21. The summed E-state index contributed by atoms with van der Waals surface area (Å²) in [5, 5.41) is 2.98. The van der Waals surface area contributed by atoms with Crippen molar-refractivity contribution in [1.82, 2.24) is 5.32 Å². The fraction of sp³-hybridized carbons (Fsp3) is 0.529. The van der Waals surface area contributed by atoms with E-state index in [0.29, 0.717) is 0 Å². The molecule has 0 aromatic heterocycles. The van der Waals surface area contributed by atoms with Gasteiger partial charge in [-0.3, -0.25) is 9.59 Å². The molecule has 0 unspecified atom stereocenters. The van der Waals surface area contributed by atoms with Gasteiger partial charge in [-0.25, -0.2) is 0 Å². The van der Waals surface area contributed by atoms with Gasteiger partial charge in [0, 0.05) is 5.69 Å². The Morgan fingerprint density at radius 1 is 1.05 bits per heavy atom. The highest BCUT2D eigenvalue weighted by Gasteiger charge is 2.47. The highest BCUT2D eigenvalue weighted by atomic mass is 16.2. The molecular formula is C17H22N2O2. The van der Waals surface area contributed by atoms with Crippen LogP contribution in [0.4, 0.5) is 5.69 Å². The molecule has 1 aromatic rings. The van der Waals surface area contributed by atoms with Gasteiger partial charge >= 0.3 is 0 Å². The molecule has 21 heavy (non-hydrogen) atoms. The molecule has 2 amide bonds. The van der Waals surface area contributed by atoms with Crippen molar-refractivity contribution in [3.8, 4) is 0 Å². The molecule has 1 spiro atoms. The molecular weight excluding hydrogens is 264 g/mol. The van der Waals surface area contributed by atoms with E-state index in [9.17, 15) is 9.59 Å². The SMILES string of the molecule is Cc1ccc(N2CC(=O)NC3(CCCCC3)C2=O)cc1C. The number of carbonyl (C=O) groups is 2. The second-order valence-corrected chi connectivity index (χ2v) is 6.35. The van der Waals surface area contributed by atoms with Crippen LogP contribution in [0.5, 0.6) is 0 Å². The number of hydrogen-bond acceptors (Lipinski definition) is 2. The van der Waals surface area contributed by atoms with Crippen molar-refractivity contribution in [3.63, 3.8) is 0 Å². The van der Waals surface area contributed by atoms with Crippen molar-refractivity contribution >= 4 is 17.5 Å². The highest BCUT2D eigenvalue weighted by Crippen LogP contribution is 2.34. The molecule has 1 heterocycles. The molecule has 2 aliphatic rings. The average molecular weight is 286 g/mol. The van der Waals surface area contributed by atoms with Crippen molar-refractivity contribution in [2.75, 3.05) is 11.4 Å². The van der Waals surface area contributed by atoms with Crippen LogP contribution in [-0.4, -0.2) is 23.9 Å². The Bertz CT molecular complexity index is 588. The van der Waals surface area contributed by atoms with Gasteiger partial charge in [0.2, 0.25) is 5.91 Å². The van der Waals surface area contributed by atoms with E-state index < -0.39 is 5.54 Å². The minimum Gasteiger partial charge on any atom is -0.340 e. The van der Waals surface area contributed by atoms with Gasteiger partial charge in [0.25, 0.3) is 5.91 Å². The number of hydrogen-bond donors (Lipinski definition) is 1. The van der Waals surface area contributed by atoms with Gasteiger partial charge in [0.05, 0.1) is 0 Å². The third kappa shape index (κ3) is 2.43. The van der Waals surface area contributed by atoms with E-state index in [1.54, 1.807) is 4.90 Å². The molecule has 0 radical (unpaired) electrons. The summed E-state index contributed by atoms with van der Waals surface area (Å²) < 4.78 is 0. The maximum absolute atomic E-state index is 13.0. The van der Waals surface area contributed by atoms with Gasteiger partial charge in [0.15, 0.2) is 0 Å². The summed E-state index contributed by atoms with van der Waals surface area (Å²) in [5.74, 6) is 0.0137. The quantitative estimate of drug-likeness (QED) is 0.862. The summed E-state index contributed by atoms with van der Waals surface area (Å²) in [7, 11) is 0. The van der Waals surface area contributed by atoms with Crippen LogP contribution in [0.1, 0.15) is 43.2 Å². The lowest BCUT2D eigenvalue weighted by Gasteiger charge is -2.44. The zero-order valence-electron chi connectivity index (χ0n) is 12.7. The van der Waals surface area contributed by atoms with Crippen molar-refractivity contribution in [1.29, 1.82) is 0 Å². The number of anilines is 1. The van der Waals surface area contributed by atoms with Crippen LogP contribution in [0.25, 0.3) is 0 Å². The van der Waals surface area contributed by atoms with Crippen molar-refractivity contribution < 1.29 is 9.59 Å². The Kier molecular flexibility index (Phi) is 3.47. The fourth-order valence-electron chi connectivity index (χ4n) is 3.43. The van der Waals surface area contributed by atoms with Gasteiger partial charge < -0.3 is 10.2 Å². The zero-order chi connectivity index (χ0) is 15.0. The highest BCUT2D eigenvalue weighted by molar-refractivity contribution is 6.09. The Morgan fingerprint density at radius 2 is 1.76 bits per heavy atom. The van der Waals surface area contributed by atoms with E-state index in [-0.39, 0.29) is 18.4 Å². The second kappa shape index (κ2) is 5.17. The first-order valence-electron chi connectivity index (χ1n) is 7.72. The largest absolute Gasteiger partial charge is 0.340 e. The van der Waals surface area contributed by atoms with Gasteiger partial charge in [-0.2, -0.15) is 0 Å². The molecule has 4 heteroatoms. The van der Waals surface area contributed by atoms with Crippen molar-refractivity contribution in [3.05, 3.63) is 29.3 Å².